The topological polar surface area (TPSA) is 99.6 Å². The number of hydrogen-bond acceptors (Lipinski definition) is 6. The predicted molar refractivity (Wildman–Crippen MR) is 152 cm³/mol. The number of benzene rings is 3. The van der Waals surface area contributed by atoms with Crippen molar-refractivity contribution in [2.45, 2.75) is 32.8 Å². The summed E-state index contributed by atoms with van der Waals surface area (Å²) in [5, 5.41) is 17.2. The molecule has 11 heteroatoms. The molecule has 8 nitrogen and oxygen atoms in total. The highest BCUT2D eigenvalue weighted by Crippen LogP contribution is 2.36. The first-order valence-electron chi connectivity index (χ1n) is 11.3. The molecule has 4 rings (SSSR count). The van der Waals surface area contributed by atoms with E-state index >= 15 is 0 Å². The molecule has 0 fully saturated rings. The van der Waals surface area contributed by atoms with Gasteiger partial charge in [-0.25, -0.2) is 4.98 Å². The second-order valence-electron chi connectivity index (χ2n) is 8.33. The van der Waals surface area contributed by atoms with Crippen LogP contribution in [0.3, 0.4) is 0 Å². The van der Waals surface area contributed by atoms with Gasteiger partial charge in [-0.1, -0.05) is 53.5 Å². The molecule has 0 bridgehead atoms. The number of ether oxygens (including phenoxy) is 1. The first kappa shape index (κ1) is 27.0. The van der Waals surface area contributed by atoms with Crippen LogP contribution in [0, 0.1) is 10.1 Å². The molecule has 0 saturated heterocycles. The van der Waals surface area contributed by atoms with E-state index < -0.39 is 4.92 Å². The minimum absolute atomic E-state index is 0.0392. The van der Waals surface area contributed by atoms with Gasteiger partial charge in [0, 0.05) is 27.0 Å². The van der Waals surface area contributed by atoms with Crippen LogP contribution >= 0.6 is 43.5 Å². The Morgan fingerprint density at radius 2 is 1.92 bits per heavy atom. The van der Waals surface area contributed by atoms with Crippen molar-refractivity contribution in [2.75, 3.05) is 0 Å². The number of hydrogen-bond donors (Lipinski definition) is 0. The summed E-state index contributed by atoms with van der Waals surface area (Å²) in [4.78, 5) is 29.3. The van der Waals surface area contributed by atoms with Gasteiger partial charge in [0.15, 0.2) is 0 Å². The summed E-state index contributed by atoms with van der Waals surface area (Å²) >= 11 is 12.7. The van der Waals surface area contributed by atoms with Crippen LogP contribution in [-0.4, -0.2) is 20.8 Å². The summed E-state index contributed by atoms with van der Waals surface area (Å²) in [5.74, 6) is 0.560. The Balaban J connectivity index is 1.73. The van der Waals surface area contributed by atoms with Gasteiger partial charge in [-0.05, 0) is 64.3 Å². The minimum atomic E-state index is -0.523. The zero-order valence-electron chi connectivity index (χ0n) is 19.8. The Bertz CT molecular complexity index is 1570. The highest BCUT2D eigenvalue weighted by atomic mass is 79.9. The second-order valence-corrected chi connectivity index (χ2v) is 10.5. The highest BCUT2D eigenvalue weighted by Gasteiger charge is 2.21. The Hall–Kier alpha value is -3.08. The van der Waals surface area contributed by atoms with Gasteiger partial charge < -0.3 is 4.74 Å². The van der Waals surface area contributed by atoms with Crippen LogP contribution in [0.2, 0.25) is 5.02 Å². The first-order valence-corrected chi connectivity index (χ1v) is 13.3. The van der Waals surface area contributed by atoms with Gasteiger partial charge in [-0.2, -0.15) is 9.78 Å². The summed E-state index contributed by atoms with van der Waals surface area (Å²) in [7, 11) is 0. The average Bonchev–Trinajstić information content (AvgIpc) is 2.87. The third-order valence-electron chi connectivity index (χ3n) is 5.75. The lowest BCUT2D eigenvalue weighted by atomic mass is 10.1. The minimum Gasteiger partial charge on any atom is -0.481 e. The van der Waals surface area contributed by atoms with Crippen molar-refractivity contribution in [3.05, 3.63) is 106 Å². The van der Waals surface area contributed by atoms with E-state index in [-0.39, 0.29) is 29.5 Å². The van der Waals surface area contributed by atoms with Crippen molar-refractivity contribution >= 4 is 66.3 Å². The first-order chi connectivity index (χ1) is 17.7. The van der Waals surface area contributed by atoms with Crippen molar-refractivity contribution in [1.29, 1.82) is 0 Å². The number of nitro benzene ring substituents is 1. The Morgan fingerprint density at radius 3 is 2.59 bits per heavy atom. The molecule has 0 aliphatic rings. The van der Waals surface area contributed by atoms with Gasteiger partial charge in [-0.3, -0.25) is 14.9 Å². The number of aromatic nitrogens is 2. The fourth-order valence-electron chi connectivity index (χ4n) is 3.59. The van der Waals surface area contributed by atoms with Crippen molar-refractivity contribution in [1.82, 2.24) is 9.66 Å². The molecule has 0 amide bonds. The predicted octanol–water partition coefficient (Wildman–Crippen LogP) is 7.46. The fourth-order valence-corrected chi connectivity index (χ4v) is 4.66. The van der Waals surface area contributed by atoms with Gasteiger partial charge in [0.2, 0.25) is 5.75 Å². The Kier molecular flexibility index (Phi) is 8.41. The van der Waals surface area contributed by atoms with Gasteiger partial charge in [0.05, 0.1) is 26.5 Å². The van der Waals surface area contributed by atoms with E-state index in [1.54, 1.807) is 42.5 Å². The molecule has 1 heterocycles. The lowest BCUT2D eigenvalue weighted by Crippen LogP contribution is -2.23. The quantitative estimate of drug-likeness (QED) is 0.112. The second kappa shape index (κ2) is 11.5. The normalized spacial score (nSPS) is 12.2. The lowest BCUT2D eigenvalue weighted by molar-refractivity contribution is -0.386. The molecule has 1 atom stereocenters. The molecule has 1 aromatic heterocycles. The van der Waals surface area contributed by atoms with Gasteiger partial charge in [-0.15, -0.1) is 0 Å². The Morgan fingerprint density at radius 1 is 1.19 bits per heavy atom. The van der Waals surface area contributed by atoms with Crippen LogP contribution in [0.1, 0.15) is 43.1 Å². The zero-order valence-corrected chi connectivity index (χ0v) is 23.7. The largest absolute Gasteiger partial charge is 0.481 e. The van der Waals surface area contributed by atoms with E-state index in [1.807, 2.05) is 19.9 Å². The maximum Gasteiger partial charge on any atom is 0.312 e. The van der Waals surface area contributed by atoms with Crippen molar-refractivity contribution < 1.29 is 9.66 Å². The van der Waals surface area contributed by atoms with E-state index in [9.17, 15) is 14.9 Å². The molecule has 37 heavy (non-hydrogen) atoms. The van der Waals surface area contributed by atoms with E-state index in [4.69, 9.17) is 16.3 Å². The van der Waals surface area contributed by atoms with Gasteiger partial charge in [0.1, 0.15) is 12.4 Å². The summed E-state index contributed by atoms with van der Waals surface area (Å²) in [5.41, 5.74) is 1.24. The number of fused-ring (bicyclic) bond motifs is 1. The van der Waals surface area contributed by atoms with Crippen LogP contribution in [0.5, 0.6) is 5.75 Å². The summed E-state index contributed by atoms with van der Waals surface area (Å²) < 4.78 is 8.16. The monoisotopic (exact) mass is 646 g/mol. The van der Waals surface area contributed by atoms with E-state index in [1.165, 1.54) is 17.0 Å². The maximum atomic E-state index is 13.3. The van der Waals surface area contributed by atoms with Crippen LogP contribution < -0.4 is 10.3 Å². The number of nitro groups is 1. The number of rotatable bonds is 8. The third kappa shape index (κ3) is 6.08. The summed E-state index contributed by atoms with van der Waals surface area (Å²) in [6, 6.07) is 15.3. The van der Waals surface area contributed by atoms with Crippen molar-refractivity contribution in [3.8, 4) is 5.75 Å². The third-order valence-corrected chi connectivity index (χ3v) is 7.08. The zero-order chi connectivity index (χ0) is 26.7. The smallest absolute Gasteiger partial charge is 0.312 e. The van der Waals surface area contributed by atoms with Crippen LogP contribution in [0.25, 0.3) is 10.9 Å². The number of halogens is 3. The van der Waals surface area contributed by atoms with E-state index in [2.05, 4.69) is 41.9 Å². The summed E-state index contributed by atoms with van der Waals surface area (Å²) in [6.07, 6.45) is 2.15. The van der Waals surface area contributed by atoms with Crippen LogP contribution in [0.4, 0.5) is 5.69 Å². The molecule has 0 saturated carbocycles. The van der Waals surface area contributed by atoms with Gasteiger partial charge >= 0.3 is 5.69 Å². The molecule has 0 spiro atoms. The molecule has 0 aliphatic carbocycles. The van der Waals surface area contributed by atoms with Crippen molar-refractivity contribution in [3.63, 3.8) is 0 Å². The van der Waals surface area contributed by atoms with Crippen LogP contribution in [-0.2, 0) is 6.61 Å². The molecule has 0 unspecified atom stereocenters. The molecule has 0 radical (unpaired) electrons. The molecule has 4 aromatic rings. The van der Waals surface area contributed by atoms with Gasteiger partial charge in [0.25, 0.3) is 5.56 Å². The lowest BCUT2D eigenvalue weighted by Gasteiger charge is -2.14. The average molecular weight is 649 g/mol. The standard InChI is InChI=1S/C26H21Br2ClN4O4/c1-3-15(2)25-31-22-9-6-18(27)12-20(22)26(34)32(25)30-13-17-10-21(28)24(23(11-17)33(35)36)37-14-16-4-7-19(29)8-5-16/h4-13,15H,3,14H2,1-2H3/t15-/m0/s1. The number of nitrogens with zero attached hydrogens (tertiary/aromatic N) is 4. The van der Waals surface area contributed by atoms with E-state index in [0.29, 0.717) is 31.8 Å². The fraction of sp³-hybridized carbons (Fsp3) is 0.192. The molecule has 0 aliphatic heterocycles. The van der Waals surface area contributed by atoms with E-state index in [0.717, 1.165) is 16.5 Å². The van der Waals surface area contributed by atoms with Crippen molar-refractivity contribution in [2.24, 2.45) is 5.10 Å². The maximum absolute atomic E-state index is 13.3. The summed E-state index contributed by atoms with van der Waals surface area (Å²) in [6.45, 7) is 4.09. The molecular weight excluding hydrogens is 628 g/mol. The highest BCUT2D eigenvalue weighted by molar-refractivity contribution is 9.10. The Labute approximate surface area is 234 Å². The molecule has 190 valence electrons. The molecular formula is C26H21Br2ClN4O4. The van der Waals surface area contributed by atoms with Crippen LogP contribution in [0.15, 0.2) is 73.4 Å². The molecule has 3 aromatic carbocycles. The molecule has 0 N–H and O–H groups in total. The SMILES string of the molecule is CC[C@H](C)c1nc2ccc(Br)cc2c(=O)n1N=Cc1cc(Br)c(OCc2ccc(Cl)cc2)c([N+](=O)[O-])c1.